The molecule has 100 valence electrons. The highest BCUT2D eigenvalue weighted by atomic mass is 32.1. The van der Waals surface area contributed by atoms with E-state index in [0.29, 0.717) is 0 Å². The first-order valence-corrected chi connectivity index (χ1v) is 7.15. The van der Waals surface area contributed by atoms with E-state index in [1.165, 1.54) is 0 Å². The molecule has 0 saturated heterocycles. The zero-order valence-electron chi connectivity index (χ0n) is 11.3. The van der Waals surface area contributed by atoms with E-state index in [2.05, 4.69) is 20.3 Å². The van der Waals surface area contributed by atoms with Gasteiger partial charge < -0.3 is 4.90 Å². The Kier molecular flexibility index (Phi) is 3.43. The average molecular weight is 282 g/mol. The summed E-state index contributed by atoms with van der Waals surface area (Å²) >= 11 is 1.65. The molecule has 0 bridgehead atoms. The van der Waals surface area contributed by atoms with Crippen LogP contribution in [0.2, 0.25) is 0 Å². The first kappa shape index (κ1) is 12.7. The van der Waals surface area contributed by atoms with E-state index in [9.17, 15) is 0 Å². The van der Waals surface area contributed by atoms with Gasteiger partial charge in [0.15, 0.2) is 0 Å². The van der Waals surface area contributed by atoms with Crippen LogP contribution in [-0.2, 0) is 0 Å². The Balaban J connectivity index is 1.86. The lowest BCUT2D eigenvalue weighted by atomic mass is 10.2. The van der Waals surface area contributed by atoms with Crippen LogP contribution in [0, 0.1) is 6.92 Å². The number of hydrogen-bond donors (Lipinski definition) is 0. The van der Waals surface area contributed by atoms with Crippen LogP contribution in [0.25, 0.3) is 11.3 Å². The van der Waals surface area contributed by atoms with Crippen LogP contribution in [-0.4, -0.2) is 22.0 Å². The number of pyridine rings is 2. The van der Waals surface area contributed by atoms with Crippen molar-refractivity contribution in [2.45, 2.75) is 6.92 Å². The van der Waals surface area contributed by atoms with E-state index in [0.717, 1.165) is 27.9 Å². The molecule has 0 amide bonds. The van der Waals surface area contributed by atoms with Crippen molar-refractivity contribution in [3.8, 4) is 11.3 Å². The van der Waals surface area contributed by atoms with Crippen LogP contribution in [0.15, 0.2) is 48.1 Å². The molecule has 4 nitrogen and oxygen atoms in total. The molecule has 0 atom stereocenters. The van der Waals surface area contributed by atoms with Crippen molar-refractivity contribution in [1.82, 2.24) is 15.0 Å². The minimum absolute atomic E-state index is 0.861. The van der Waals surface area contributed by atoms with Gasteiger partial charge in [-0.15, -0.1) is 11.3 Å². The molecule has 3 rings (SSSR count). The number of anilines is 2. The topological polar surface area (TPSA) is 41.9 Å². The Bertz CT molecular complexity index is 691. The van der Waals surface area contributed by atoms with E-state index in [-0.39, 0.29) is 0 Å². The molecular formula is C15H14N4S. The molecule has 0 aliphatic rings. The zero-order chi connectivity index (χ0) is 13.9. The molecule has 0 saturated carbocycles. The maximum Gasteiger partial charge on any atom is 0.133 e. The molecule has 3 heterocycles. The minimum atomic E-state index is 0.861. The van der Waals surface area contributed by atoms with Crippen molar-refractivity contribution in [2.24, 2.45) is 0 Å². The molecule has 3 aromatic heterocycles. The van der Waals surface area contributed by atoms with Crippen molar-refractivity contribution >= 4 is 23.0 Å². The predicted molar refractivity (Wildman–Crippen MR) is 82.4 cm³/mol. The van der Waals surface area contributed by atoms with Gasteiger partial charge in [-0.25, -0.2) is 15.0 Å². The molecular weight excluding hydrogens is 268 g/mol. The van der Waals surface area contributed by atoms with Crippen molar-refractivity contribution in [3.05, 3.63) is 53.1 Å². The van der Waals surface area contributed by atoms with Crippen molar-refractivity contribution in [1.29, 1.82) is 0 Å². The Morgan fingerprint density at radius 2 is 1.90 bits per heavy atom. The van der Waals surface area contributed by atoms with Gasteiger partial charge in [-0.1, -0.05) is 6.07 Å². The summed E-state index contributed by atoms with van der Waals surface area (Å²) in [5.41, 5.74) is 2.01. The molecule has 0 N–H and O–H groups in total. The van der Waals surface area contributed by atoms with Crippen molar-refractivity contribution in [3.63, 3.8) is 0 Å². The Morgan fingerprint density at radius 1 is 1.05 bits per heavy atom. The lowest BCUT2D eigenvalue weighted by molar-refractivity contribution is 1.08. The van der Waals surface area contributed by atoms with E-state index in [1.54, 1.807) is 17.5 Å². The summed E-state index contributed by atoms with van der Waals surface area (Å²) in [6.07, 6.45) is 3.63. The van der Waals surface area contributed by atoms with E-state index in [4.69, 9.17) is 0 Å². The zero-order valence-corrected chi connectivity index (χ0v) is 12.1. The molecule has 0 unspecified atom stereocenters. The van der Waals surface area contributed by atoms with E-state index in [1.807, 2.05) is 55.4 Å². The third kappa shape index (κ3) is 2.53. The lowest BCUT2D eigenvalue weighted by Gasteiger charge is -2.16. The number of hydrogen-bond acceptors (Lipinski definition) is 5. The molecule has 0 aliphatic carbocycles. The lowest BCUT2D eigenvalue weighted by Crippen LogP contribution is -2.12. The van der Waals surface area contributed by atoms with Crippen LogP contribution in [0.3, 0.4) is 0 Å². The van der Waals surface area contributed by atoms with Gasteiger partial charge in [-0.05, 0) is 31.2 Å². The smallest absolute Gasteiger partial charge is 0.133 e. The van der Waals surface area contributed by atoms with Crippen LogP contribution in [0.1, 0.15) is 5.01 Å². The summed E-state index contributed by atoms with van der Waals surface area (Å²) in [5, 5.41) is 3.11. The second kappa shape index (κ2) is 5.38. The van der Waals surface area contributed by atoms with Gasteiger partial charge >= 0.3 is 0 Å². The summed E-state index contributed by atoms with van der Waals surface area (Å²) in [6, 6.07) is 9.85. The fourth-order valence-corrected chi connectivity index (χ4v) is 2.52. The monoisotopic (exact) mass is 282 g/mol. The number of aromatic nitrogens is 3. The van der Waals surface area contributed by atoms with Gasteiger partial charge in [-0.2, -0.15) is 0 Å². The normalized spacial score (nSPS) is 10.5. The maximum atomic E-state index is 4.49. The molecule has 5 heteroatoms. The standard InChI is InChI=1S/C15H14N4S/c1-11-18-13(10-20-11)12-6-7-15(17-9-12)19(2)14-5-3-4-8-16-14/h3-10H,1-2H3. The van der Waals surface area contributed by atoms with Crippen molar-refractivity contribution < 1.29 is 0 Å². The summed E-state index contributed by atoms with van der Waals surface area (Å²) in [4.78, 5) is 15.2. The summed E-state index contributed by atoms with van der Waals surface area (Å²) < 4.78 is 0. The third-order valence-corrected chi connectivity index (χ3v) is 3.77. The highest BCUT2D eigenvalue weighted by Crippen LogP contribution is 2.24. The van der Waals surface area contributed by atoms with Crippen LogP contribution in [0.5, 0.6) is 0 Å². The highest BCUT2D eigenvalue weighted by molar-refractivity contribution is 7.09. The Hall–Kier alpha value is -2.27. The largest absolute Gasteiger partial charge is 0.314 e. The van der Waals surface area contributed by atoms with Crippen LogP contribution in [0.4, 0.5) is 11.6 Å². The van der Waals surface area contributed by atoms with Gasteiger partial charge in [0.25, 0.3) is 0 Å². The number of rotatable bonds is 3. The third-order valence-electron chi connectivity index (χ3n) is 3.00. The minimum Gasteiger partial charge on any atom is -0.314 e. The fraction of sp³-hybridized carbons (Fsp3) is 0.133. The Labute approximate surface area is 121 Å². The van der Waals surface area contributed by atoms with Gasteiger partial charge in [0.05, 0.1) is 10.7 Å². The molecule has 0 radical (unpaired) electrons. The first-order chi connectivity index (χ1) is 9.74. The van der Waals surface area contributed by atoms with Crippen LogP contribution < -0.4 is 4.90 Å². The molecule has 0 fully saturated rings. The molecule has 0 aromatic carbocycles. The first-order valence-electron chi connectivity index (χ1n) is 6.27. The summed E-state index contributed by atoms with van der Waals surface area (Å²) in [7, 11) is 1.96. The van der Waals surface area contributed by atoms with Gasteiger partial charge in [0, 0.05) is 30.4 Å². The number of aryl methyl sites for hydroxylation is 1. The van der Waals surface area contributed by atoms with Gasteiger partial charge in [-0.3, -0.25) is 0 Å². The average Bonchev–Trinajstić information content (AvgIpc) is 2.94. The summed E-state index contributed by atoms with van der Waals surface area (Å²) in [5.74, 6) is 1.73. The molecule has 0 spiro atoms. The van der Waals surface area contributed by atoms with E-state index < -0.39 is 0 Å². The second-order valence-electron chi connectivity index (χ2n) is 4.40. The Morgan fingerprint density at radius 3 is 2.50 bits per heavy atom. The second-order valence-corrected chi connectivity index (χ2v) is 5.47. The highest BCUT2D eigenvalue weighted by Gasteiger charge is 2.07. The SMILES string of the molecule is Cc1nc(-c2ccc(N(C)c3ccccn3)nc2)cs1. The number of nitrogens with zero attached hydrogens (tertiary/aromatic N) is 4. The van der Waals surface area contributed by atoms with E-state index >= 15 is 0 Å². The molecule has 20 heavy (non-hydrogen) atoms. The molecule has 3 aromatic rings. The fourth-order valence-electron chi connectivity index (χ4n) is 1.90. The quantitative estimate of drug-likeness (QED) is 0.735. The van der Waals surface area contributed by atoms with Gasteiger partial charge in [0.1, 0.15) is 11.6 Å². The van der Waals surface area contributed by atoms with Gasteiger partial charge in [0.2, 0.25) is 0 Å². The maximum absolute atomic E-state index is 4.49. The number of thiazole rings is 1. The van der Waals surface area contributed by atoms with Crippen LogP contribution >= 0.6 is 11.3 Å². The van der Waals surface area contributed by atoms with Crippen molar-refractivity contribution in [2.75, 3.05) is 11.9 Å². The molecule has 0 aliphatic heterocycles. The predicted octanol–water partition coefficient (Wildman–Crippen LogP) is 3.68. The summed E-state index contributed by atoms with van der Waals surface area (Å²) in [6.45, 7) is 2.00.